The predicted molar refractivity (Wildman–Crippen MR) is 129 cm³/mol. The number of thiazole rings is 1. The van der Waals surface area contributed by atoms with Crippen LogP contribution in [-0.4, -0.2) is 34.3 Å². The Morgan fingerprint density at radius 2 is 2.09 bits per heavy atom. The van der Waals surface area contributed by atoms with Crippen LogP contribution in [0.25, 0.3) is 11.8 Å². The molecule has 0 radical (unpaired) electrons. The molecule has 0 fully saturated rings. The van der Waals surface area contributed by atoms with Crippen LogP contribution >= 0.6 is 11.3 Å². The highest BCUT2D eigenvalue weighted by Crippen LogP contribution is 2.36. The summed E-state index contributed by atoms with van der Waals surface area (Å²) in [6.07, 6.45) is 1.55. The van der Waals surface area contributed by atoms with Gasteiger partial charge >= 0.3 is 5.97 Å². The molecule has 1 atom stereocenters. The van der Waals surface area contributed by atoms with Crippen molar-refractivity contribution in [3.8, 4) is 11.5 Å². The number of allylic oxidation sites excluding steroid dienone is 1. The highest BCUT2D eigenvalue weighted by molar-refractivity contribution is 7.07. The van der Waals surface area contributed by atoms with Crippen molar-refractivity contribution in [3.63, 3.8) is 0 Å². The maximum atomic E-state index is 13.3. The van der Waals surface area contributed by atoms with E-state index in [1.807, 2.05) is 0 Å². The molecule has 0 bridgehead atoms. The molecule has 0 spiro atoms. The molecular formula is C24H21N3O7S. The number of ether oxygens (including phenoxy) is 2. The SMILES string of the molecule is CCOC(=O)C1=C(C)n2c(s/c(=C/c3cccc([N+](=O)[O-])c3)c2=O)=N[C@@H]1c1ccc(O)c(OC)c1. The lowest BCUT2D eigenvalue weighted by Gasteiger charge is -2.22. The lowest BCUT2D eigenvalue weighted by Crippen LogP contribution is -2.35. The van der Waals surface area contributed by atoms with Crippen molar-refractivity contribution in [3.05, 3.63) is 89.0 Å². The number of non-ortho nitro benzene ring substituents is 1. The van der Waals surface area contributed by atoms with Crippen LogP contribution in [-0.2, 0) is 9.53 Å². The Morgan fingerprint density at radius 1 is 1.31 bits per heavy atom. The van der Waals surface area contributed by atoms with Gasteiger partial charge in [-0.05, 0) is 43.2 Å². The number of nitro benzene ring substituents is 1. The third-order valence-electron chi connectivity index (χ3n) is 5.44. The molecule has 2 aromatic carbocycles. The number of carbonyl (C=O) groups is 1. The van der Waals surface area contributed by atoms with Crippen molar-refractivity contribution in [2.24, 2.45) is 4.99 Å². The topological polar surface area (TPSA) is 133 Å². The molecule has 1 aliphatic rings. The van der Waals surface area contributed by atoms with E-state index in [4.69, 9.17) is 9.47 Å². The summed E-state index contributed by atoms with van der Waals surface area (Å²) in [5.74, 6) is -0.460. The predicted octanol–water partition coefficient (Wildman–Crippen LogP) is 2.53. The fourth-order valence-electron chi connectivity index (χ4n) is 3.80. The third kappa shape index (κ3) is 4.45. The number of fused-ring (bicyclic) bond motifs is 1. The Morgan fingerprint density at radius 3 is 2.77 bits per heavy atom. The first-order valence-corrected chi connectivity index (χ1v) is 11.4. The molecule has 1 aromatic heterocycles. The molecule has 0 saturated heterocycles. The standard InChI is InChI=1S/C24H21N3O7S/c1-4-34-23(30)20-13(2)26-22(29)19(11-14-6-5-7-16(10-14)27(31)32)35-24(26)25-21(20)15-8-9-17(28)18(12-15)33-3/h5-12,21,28H,4H2,1-3H3/b19-11+/t21-/m1/s1. The second-order valence-electron chi connectivity index (χ2n) is 7.57. The average molecular weight is 496 g/mol. The van der Waals surface area contributed by atoms with Crippen molar-refractivity contribution in [1.82, 2.24) is 4.57 Å². The zero-order valence-corrected chi connectivity index (χ0v) is 19.9. The van der Waals surface area contributed by atoms with Gasteiger partial charge in [-0.2, -0.15) is 0 Å². The lowest BCUT2D eigenvalue weighted by atomic mass is 9.96. The second-order valence-corrected chi connectivity index (χ2v) is 8.58. The Hall–Kier alpha value is -4.25. The van der Waals surface area contributed by atoms with Crippen molar-refractivity contribution in [2.45, 2.75) is 19.9 Å². The van der Waals surface area contributed by atoms with Crippen molar-refractivity contribution in [1.29, 1.82) is 0 Å². The van der Waals surface area contributed by atoms with Crippen LogP contribution < -0.4 is 19.6 Å². The number of rotatable bonds is 6. The number of aromatic nitrogens is 1. The Balaban J connectivity index is 1.94. The molecule has 1 N–H and O–H groups in total. The number of nitro groups is 1. The van der Waals surface area contributed by atoms with E-state index < -0.39 is 22.5 Å². The van der Waals surface area contributed by atoms with Crippen LogP contribution in [0.2, 0.25) is 0 Å². The number of methoxy groups -OCH3 is 1. The maximum Gasteiger partial charge on any atom is 0.338 e. The van der Waals surface area contributed by atoms with Gasteiger partial charge in [0.2, 0.25) is 0 Å². The number of carbonyl (C=O) groups excluding carboxylic acids is 1. The molecule has 10 nitrogen and oxygen atoms in total. The van der Waals surface area contributed by atoms with Crippen LogP contribution in [0.1, 0.15) is 31.0 Å². The fraction of sp³-hybridized carbons (Fsp3) is 0.208. The van der Waals surface area contributed by atoms with E-state index in [1.165, 1.54) is 35.9 Å². The van der Waals surface area contributed by atoms with Crippen molar-refractivity contribution >= 4 is 34.8 Å². The zero-order valence-electron chi connectivity index (χ0n) is 19.0. The van der Waals surface area contributed by atoms with Crippen LogP contribution in [0.4, 0.5) is 5.69 Å². The zero-order chi connectivity index (χ0) is 25.3. The molecule has 0 saturated carbocycles. The number of benzene rings is 2. The molecule has 35 heavy (non-hydrogen) atoms. The minimum absolute atomic E-state index is 0.0627. The molecule has 0 amide bonds. The quantitative estimate of drug-likeness (QED) is 0.316. The minimum Gasteiger partial charge on any atom is -0.504 e. The second kappa shape index (κ2) is 9.55. The molecule has 0 unspecified atom stereocenters. The summed E-state index contributed by atoms with van der Waals surface area (Å²) in [5, 5.41) is 21.1. The van der Waals surface area contributed by atoms with Gasteiger partial charge in [0.15, 0.2) is 16.3 Å². The van der Waals surface area contributed by atoms with Gasteiger partial charge in [-0.25, -0.2) is 9.79 Å². The maximum absolute atomic E-state index is 13.3. The number of phenols is 1. The van der Waals surface area contributed by atoms with E-state index >= 15 is 0 Å². The van der Waals surface area contributed by atoms with Gasteiger partial charge in [0.25, 0.3) is 11.2 Å². The Bertz CT molecular complexity index is 1550. The average Bonchev–Trinajstić information content (AvgIpc) is 3.14. The van der Waals surface area contributed by atoms with Gasteiger partial charge in [0.1, 0.15) is 6.04 Å². The Labute approximate surface area is 202 Å². The monoisotopic (exact) mass is 495 g/mol. The van der Waals surface area contributed by atoms with Gasteiger partial charge in [-0.15, -0.1) is 0 Å². The number of phenolic OH excluding ortho intramolecular Hbond substituents is 1. The summed E-state index contributed by atoms with van der Waals surface area (Å²) in [6, 6.07) is 9.78. The van der Waals surface area contributed by atoms with Gasteiger partial charge in [-0.3, -0.25) is 19.5 Å². The van der Waals surface area contributed by atoms with E-state index in [0.29, 0.717) is 26.2 Å². The molecule has 4 rings (SSSR count). The smallest absolute Gasteiger partial charge is 0.338 e. The van der Waals surface area contributed by atoms with Crippen LogP contribution in [0, 0.1) is 10.1 Å². The summed E-state index contributed by atoms with van der Waals surface area (Å²) in [4.78, 5) is 41.8. The fourth-order valence-corrected chi connectivity index (χ4v) is 4.84. The van der Waals surface area contributed by atoms with Crippen molar-refractivity contribution < 1.29 is 24.3 Å². The summed E-state index contributed by atoms with van der Waals surface area (Å²) in [6.45, 7) is 3.46. The molecular weight excluding hydrogens is 474 g/mol. The number of aromatic hydroxyl groups is 1. The van der Waals surface area contributed by atoms with Crippen LogP contribution in [0.5, 0.6) is 11.5 Å². The normalized spacial score (nSPS) is 15.4. The summed E-state index contributed by atoms with van der Waals surface area (Å²) in [7, 11) is 1.41. The van der Waals surface area contributed by atoms with E-state index in [2.05, 4.69) is 4.99 Å². The highest BCUT2D eigenvalue weighted by Gasteiger charge is 2.32. The lowest BCUT2D eigenvalue weighted by molar-refractivity contribution is -0.384. The third-order valence-corrected chi connectivity index (χ3v) is 6.42. The van der Waals surface area contributed by atoms with Gasteiger partial charge < -0.3 is 14.6 Å². The minimum atomic E-state index is -0.799. The largest absolute Gasteiger partial charge is 0.504 e. The molecule has 0 aliphatic carbocycles. The summed E-state index contributed by atoms with van der Waals surface area (Å²) < 4.78 is 12.1. The first-order valence-electron chi connectivity index (χ1n) is 10.6. The van der Waals surface area contributed by atoms with E-state index in [-0.39, 0.29) is 29.4 Å². The molecule has 11 heteroatoms. The van der Waals surface area contributed by atoms with Crippen molar-refractivity contribution in [2.75, 3.05) is 13.7 Å². The van der Waals surface area contributed by atoms with Gasteiger partial charge in [0, 0.05) is 17.8 Å². The van der Waals surface area contributed by atoms with E-state index in [1.54, 1.807) is 38.1 Å². The highest BCUT2D eigenvalue weighted by atomic mass is 32.1. The molecule has 1 aliphatic heterocycles. The molecule has 180 valence electrons. The number of hydrogen-bond acceptors (Lipinski definition) is 9. The molecule has 3 aromatic rings. The van der Waals surface area contributed by atoms with E-state index in [0.717, 1.165) is 11.3 Å². The first kappa shape index (κ1) is 23.9. The summed E-state index contributed by atoms with van der Waals surface area (Å²) in [5.41, 5.74) is 1.12. The Kier molecular flexibility index (Phi) is 6.52. The van der Waals surface area contributed by atoms with Gasteiger partial charge in [-0.1, -0.05) is 29.5 Å². The number of hydrogen-bond donors (Lipinski definition) is 1. The summed E-state index contributed by atoms with van der Waals surface area (Å²) >= 11 is 1.10. The first-order chi connectivity index (χ1) is 16.7. The van der Waals surface area contributed by atoms with Crippen LogP contribution in [0.3, 0.4) is 0 Å². The number of nitrogens with zero attached hydrogens (tertiary/aromatic N) is 3. The molecule has 2 heterocycles. The van der Waals surface area contributed by atoms with E-state index in [9.17, 15) is 24.8 Å². The number of esters is 1. The van der Waals surface area contributed by atoms with Gasteiger partial charge in [0.05, 0.1) is 28.7 Å². The van der Waals surface area contributed by atoms with Crippen LogP contribution in [0.15, 0.2) is 57.8 Å².